The molecule has 7 nitrogen and oxygen atoms in total. The number of carbonyl (C=O) groups is 1. The van der Waals surface area contributed by atoms with Crippen molar-refractivity contribution in [1.29, 1.82) is 0 Å². The van der Waals surface area contributed by atoms with Gasteiger partial charge in [0.25, 0.3) is 0 Å². The molecule has 1 aromatic carbocycles. The average Bonchev–Trinajstić information content (AvgIpc) is 2.59. The molecule has 1 aromatic rings. The summed E-state index contributed by atoms with van der Waals surface area (Å²) in [6, 6.07) is 4.88. The molecular formula is C17H26N2O5S. The fourth-order valence-corrected chi connectivity index (χ4v) is 4.17. The predicted molar refractivity (Wildman–Crippen MR) is 94.8 cm³/mol. The number of sulfone groups is 1. The summed E-state index contributed by atoms with van der Waals surface area (Å²) in [5, 5.41) is 6.24. The molecular weight excluding hydrogens is 344 g/mol. The first-order valence-electron chi connectivity index (χ1n) is 8.33. The molecule has 0 saturated carbocycles. The second kappa shape index (κ2) is 8.53. The molecule has 2 rings (SSSR count). The van der Waals surface area contributed by atoms with E-state index < -0.39 is 9.84 Å². The Bertz CT molecular complexity index is 705. The summed E-state index contributed by atoms with van der Waals surface area (Å²) in [7, 11) is -0.643. The van der Waals surface area contributed by atoms with Crippen LogP contribution in [0.1, 0.15) is 26.2 Å². The van der Waals surface area contributed by atoms with Crippen molar-refractivity contribution in [2.75, 3.05) is 26.5 Å². The maximum absolute atomic E-state index is 12.5. The Morgan fingerprint density at radius 3 is 2.64 bits per heavy atom. The molecule has 8 heteroatoms. The van der Waals surface area contributed by atoms with Crippen LogP contribution in [-0.4, -0.2) is 52.9 Å². The number of carbonyl (C=O) groups excluding carboxylic acids is 1. The number of methoxy groups -OCH3 is 2. The van der Waals surface area contributed by atoms with Gasteiger partial charge in [-0.3, -0.25) is 4.79 Å². The molecule has 0 aliphatic carbocycles. The number of ether oxygens (including phenoxy) is 2. The highest BCUT2D eigenvalue weighted by molar-refractivity contribution is 7.91. The molecule has 2 unspecified atom stereocenters. The zero-order valence-corrected chi connectivity index (χ0v) is 15.7. The molecule has 1 aliphatic rings. The van der Waals surface area contributed by atoms with Gasteiger partial charge in [0.1, 0.15) is 0 Å². The summed E-state index contributed by atoms with van der Waals surface area (Å²) in [6.07, 6.45) is 1.65. The lowest BCUT2D eigenvalue weighted by atomic mass is 10.0. The molecule has 1 heterocycles. The highest BCUT2D eigenvalue weighted by Gasteiger charge is 2.22. The molecule has 140 valence electrons. The van der Waals surface area contributed by atoms with E-state index in [1.165, 1.54) is 26.4 Å². The Kier molecular flexibility index (Phi) is 6.66. The zero-order chi connectivity index (χ0) is 18.4. The minimum atomic E-state index is -3.57. The van der Waals surface area contributed by atoms with E-state index in [4.69, 9.17) is 9.47 Å². The Labute approximate surface area is 149 Å². The van der Waals surface area contributed by atoms with E-state index in [2.05, 4.69) is 17.6 Å². The maximum Gasteiger partial charge on any atom is 0.221 e. The Morgan fingerprint density at radius 2 is 2.00 bits per heavy atom. The Balaban J connectivity index is 1.95. The molecule has 1 saturated heterocycles. The van der Waals surface area contributed by atoms with Crippen LogP contribution in [0.3, 0.4) is 0 Å². The normalized spacial score (nSPS) is 20.8. The first kappa shape index (κ1) is 19.5. The second-order valence-corrected chi connectivity index (χ2v) is 8.34. The van der Waals surface area contributed by atoms with Gasteiger partial charge in [0, 0.05) is 24.6 Å². The number of benzene rings is 1. The molecule has 2 N–H and O–H groups in total. The highest BCUT2D eigenvalue weighted by atomic mass is 32.2. The SMILES string of the molecule is COc1ccc(S(=O)(=O)CCC(=O)NC2CCNC(C)C2)cc1OC. The Hall–Kier alpha value is -1.80. The van der Waals surface area contributed by atoms with Crippen LogP contribution >= 0.6 is 0 Å². The van der Waals surface area contributed by atoms with Crippen LogP contribution in [0.25, 0.3) is 0 Å². The summed E-state index contributed by atoms with van der Waals surface area (Å²) in [5.74, 6) is 0.327. The van der Waals surface area contributed by atoms with Gasteiger partial charge >= 0.3 is 0 Å². The summed E-state index contributed by atoms with van der Waals surface area (Å²) in [5.41, 5.74) is 0. The molecule has 25 heavy (non-hydrogen) atoms. The van der Waals surface area contributed by atoms with Gasteiger partial charge in [-0.15, -0.1) is 0 Å². The fraction of sp³-hybridized carbons (Fsp3) is 0.588. The number of nitrogens with one attached hydrogen (secondary N) is 2. The van der Waals surface area contributed by atoms with E-state index in [1.54, 1.807) is 6.07 Å². The van der Waals surface area contributed by atoms with Crippen molar-refractivity contribution in [2.45, 2.75) is 43.2 Å². The number of rotatable bonds is 7. The second-order valence-electron chi connectivity index (χ2n) is 6.23. The molecule has 1 amide bonds. The third kappa shape index (κ3) is 5.34. The smallest absolute Gasteiger partial charge is 0.221 e. The lowest BCUT2D eigenvalue weighted by molar-refractivity contribution is -0.121. The summed E-state index contributed by atoms with van der Waals surface area (Å²) >= 11 is 0. The van der Waals surface area contributed by atoms with Crippen LogP contribution in [-0.2, 0) is 14.6 Å². The van der Waals surface area contributed by atoms with Gasteiger partial charge < -0.3 is 20.1 Å². The van der Waals surface area contributed by atoms with Crippen LogP contribution in [0.15, 0.2) is 23.1 Å². The molecule has 1 fully saturated rings. The average molecular weight is 370 g/mol. The monoisotopic (exact) mass is 370 g/mol. The molecule has 0 spiro atoms. The van der Waals surface area contributed by atoms with E-state index in [-0.39, 0.29) is 29.0 Å². The quantitative estimate of drug-likeness (QED) is 0.747. The minimum Gasteiger partial charge on any atom is -0.493 e. The van der Waals surface area contributed by atoms with Crippen LogP contribution < -0.4 is 20.1 Å². The van der Waals surface area contributed by atoms with Gasteiger partial charge in [-0.25, -0.2) is 8.42 Å². The molecule has 1 aliphatic heterocycles. The third-order valence-corrected chi connectivity index (χ3v) is 6.01. The molecule has 0 aromatic heterocycles. The van der Waals surface area contributed by atoms with Gasteiger partial charge in [-0.2, -0.15) is 0 Å². The van der Waals surface area contributed by atoms with E-state index in [9.17, 15) is 13.2 Å². The van der Waals surface area contributed by atoms with Crippen LogP contribution in [0.4, 0.5) is 0 Å². The van der Waals surface area contributed by atoms with E-state index in [0.717, 1.165) is 19.4 Å². The number of hydrogen-bond donors (Lipinski definition) is 2. The van der Waals surface area contributed by atoms with E-state index in [1.807, 2.05) is 0 Å². The predicted octanol–water partition coefficient (Wildman–Crippen LogP) is 1.12. The maximum atomic E-state index is 12.5. The van der Waals surface area contributed by atoms with Gasteiger partial charge in [-0.05, 0) is 38.4 Å². The number of piperidine rings is 1. The van der Waals surface area contributed by atoms with E-state index in [0.29, 0.717) is 17.5 Å². The van der Waals surface area contributed by atoms with E-state index >= 15 is 0 Å². The van der Waals surface area contributed by atoms with Crippen LogP contribution in [0.5, 0.6) is 11.5 Å². The number of amides is 1. The van der Waals surface area contributed by atoms with Gasteiger partial charge in [0.05, 0.1) is 24.9 Å². The van der Waals surface area contributed by atoms with Crippen molar-refractivity contribution >= 4 is 15.7 Å². The van der Waals surface area contributed by atoms with Gasteiger partial charge in [0.2, 0.25) is 5.91 Å². The van der Waals surface area contributed by atoms with Crippen molar-refractivity contribution in [1.82, 2.24) is 10.6 Å². The molecule has 2 atom stereocenters. The fourth-order valence-electron chi connectivity index (χ4n) is 2.92. The van der Waals surface area contributed by atoms with Crippen molar-refractivity contribution in [3.8, 4) is 11.5 Å². The van der Waals surface area contributed by atoms with Crippen molar-refractivity contribution in [3.63, 3.8) is 0 Å². The van der Waals surface area contributed by atoms with Crippen molar-refractivity contribution < 1.29 is 22.7 Å². The first-order chi connectivity index (χ1) is 11.9. The van der Waals surface area contributed by atoms with Crippen LogP contribution in [0.2, 0.25) is 0 Å². The Morgan fingerprint density at radius 1 is 1.28 bits per heavy atom. The van der Waals surface area contributed by atoms with Gasteiger partial charge in [0.15, 0.2) is 21.3 Å². The molecule has 0 radical (unpaired) electrons. The third-order valence-electron chi connectivity index (χ3n) is 4.30. The lowest BCUT2D eigenvalue weighted by Gasteiger charge is -2.28. The standard InChI is InChI=1S/C17H26N2O5S/c1-12-10-13(6-8-18-12)19-17(20)7-9-25(21,22)14-4-5-15(23-2)16(11-14)24-3/h4-5,11-13,18H,6-10H2,1-3H3,(H,19,20). The van der Waals surface area contributed by atoms with Gasteiger partial charge in [-0.1, -0.05) is 0 Å². The van der Waals surface area contributed by atoms with Crippen molar-refractivity contribution in [3.05, 3.63) is 18.2 Å². The largest absolute Gasteiger partial charge is 0.493 e. The zero-order valence-electron chi connectivity index (χ0n) is 14.9. The summed E-state index contributed by atoms with van der Waals surface area (Å²) < 4.78 is 35.2. The number of hydrogen-bond acceptors (Lipinski definition) is 6. The topological polar surface area (TPSA) is 93.7 Å². The molecule has 0 bridgehead atoms. The summed E-state index contributed by atoms with van der Waals surface area (Å²) in [6.45, 7) is 2.93. The van der Waals surface area contributed by atoms with Crippen LogP contribution in [0, 0.1) is 0 Å². The minimum absolute atomic E-state index is 0.0605. The highest BCUT2D eigenvalue weighted by Crippen LogP contribution is 2.29. The first-order valence-corrected chi connectivity index (χ1v) is 9.98. The van der Waals surface area contributed by atoms with Crippen molar-refractivity contribution in [2.24, 2.45) is 0 Å². The lowest BCUT2D eigenvalue weighted by Crippen LogP contribution is -2.46. The summed E-state index contributed by atoms with van der Waals surface area (Å²) in [4.78, 5) is 12.2.